The van der Waals surface area contributed by atoms with Crippen LogP contribution in [0.4, 0.5) is 5.69 Å². The monoisotopic (exact) mass is 541 g/mol. The Labute approximate surface area is 198 Å². The van der Waals surface area contributed by atoms with Crippen LogP contribution < -0.4 is 10.2 Å². The maximum Gasteiger partial charge on any atom is 0.242 e. The molecule has 1 fully saturated rings. The molecule has 1 amide bonds. The average molecular weight is 541 g/mol. The Balaban J connectivity index is 0.00000256. The zero-order valence-corrected chi connectivity index (χ0v) is 20.2. The van der Waals surface area contributed by atoms with Crippen LogP contribution in [0.25, 0.3) is 0 Å². The molecule has 0 saturated carbocycles. The molecule has 2 aromatic rings. The van der Waals surface area contributed by atoms with Crippen molar-refractivity contribution in [3.63, 3.8) is 0 Å². The molecule has 1 aromatic heterocycles. The number of aromatic hydroxyl groups is 1. The summed E-state index contributed by atoms with van der Waals surface area (Å²) in [5.74, 6) is 1.17. The smallest absolute Gasteiger partial charge is 0.242 e. The van der Waals surface area contributed by atoms with Crippen LogP contribution in [0, 0.1) is 0 Å². The van der Waals surface area contributed by atoms with E-state index in [4.69, 9.17) is 0 Å². The van der Waals surface area contributed by atoms with Crippen molar-refractivity contribution in [1.29, 1.82) is 0 Å². The quantitative estimate of drug-likeness (QED) is 0.355. The lowest BCUT2D eigenvalue weighted by Crippen LogP contribution is -2.54. The summed E-state index contributed by atoms with van der Waals surface area (Å²) in [5.41, 5.74) is 2.14. The minimum absolute atomic E-state index is 0. The molecule has 9 heteroatoms. The van der Waals surface area contributed by atoms with E-state index in [1.807, 2.05) is 23.1 Å². The van der Waals surface area contributed by atoms with Crippen LogP contribution in [0.1, 0.15) is 10.4 Å². The molecule has 2 N–H and O–H groups in total. The zero-order chi connectivity index (χ0) is 20.2. The van der Waals surface area contributed by atoms with Gasteiger partial charge >= 0.3 is 0 Å². The van der Waals surface area contributed by atoms with Crippen molar-refractivity contribution in [2.75, 3.05) is 51.2 Å². The molecule has 2 aliphatic rings. The molecule has 0 atom stereocenters. The number of piperazine rings is 1. The highest BCUT2D eigenvalue weighted by molar-refractivity contribution is 14.0. The van der Waals surface area contributed by atoms with Gasteiger partial charge in [-0.25, -0.2) is 0 Å². The van der Waals surface area contributed by atoms with Crippen molar-refractivity contribution in [2.24, 2.45) is 4.99 Å². The number of amides is 1. The first-order chi connectivity index (χ1) is 14.2. The lowest BCUT2D eigenvalue weighted by Gasteiger charge is -2.38. The number of phenols is 1. The summed E-state index contributed by atoms with van der Waals surface area (Å²) in [6.45, 7) is 4.89. The van der Waals surface area contributed by atoms with E-state index in [-0.39, 0.29) is 36.4 Å². The van der Waals surface area contributed by atoms with Gasteiger partial charge in [0.15, 0.2) is 5.96 Å². The number of rotatable bonds is 3. The third kappa shape index (κ3) is 5.00. The molecular weight excluding hydrogens is 513 g/mol. The second-order valence-corrected chi connectivity index (χ2v) is 8.30. The lowest BCUT2D eigenvalue weighted by molar-refractivity contribution is -0.130. The third-order valence-corrected chi connectivity index (χ3v) is 6.59. The Kier molecular flexibility index (Phi) is 7.81. The van der Waals surface area contributed by atoms with Crippen LogP contribution in [0.15, 0.2) is 40.7 Å². The molecule has 0 unspecified atom stereocenters. The van der Waals surface area contributed by atoms with Gasteiger partial charge in [0.2, 0.25) is 5.91 Å². The lowest BCUT2D eigenvalue weighted by atomic mass is 10.1. The van der Waals surface area contributed by atoms with Crippen LogP contribution >= 0.6 is 35.3 Å². The van der Waals surface area contributed by atoms with E-state index >= 15 is 0 Å². The summed E-state index contributed by atoms with van der Waals surface area (Å²) >= 11 is 1.78. The summed E-state index contributed by atoms with van der Waals surface area (Å²) in [4.78, 5) is 24.7. The zero-order valence-electron chi connectivity index (χ0n) is 17.1. The molecule has 0 aliphatic carbocycles. The summed E-state index contributed by atoms with van der Waals surface area (Å²) in [6, 6.07) is 9.55. The first-order valence-electron chi connectivity index (χ1n) is 9.97. The van der Waals surface area contributed by atoms with Gasteiger partial charge in [0, 0.05) is 51.2 Å². The standard InChI is InChI=1S/C21H27N5O2S.HI/c1-22-21(23-14-20(28)26-8-6-19-16(15-26)7-13-29-19)25-11-9-24(10-12-25)17-4-2-3-5-18(17)27;/h2-5,7,13,27H,6,8-12,14-15H2,1H3,(H,22,23);1H. The van der Waals surface area contributed by atoms with Gasteiger partial charge in [-0.1, -0.05) is 12.1 Å². The number of anilines is 1. The molecule has 0 bridgehead atoms. The summed E-state index contributed by atoms with van der Waals surface area (Å²) < 4.78 is 0. The molecule has 4 rings (SSSR count). The van der Waals surface area contributed by atoms with Gasteiger partial charge in [0.05, 0.1) is 12.2 Å². The number of nitrogens with zero attached hydrogens (tertiary/aromatic N) is 4. The number of carbonyl (C=O) groups is 1. The Bertz CT molecular complexity index is 895. The van der Waals surface area contributed by atoms with E-state index in [0.717, 1.165) is 50.8 Å². The number of fused-ring (bicyclic) bond motifs is 1. The van der Waals surface area contributed by atoms with Gasteiger partial charge < -0.3 is 25.1 Å². The Morgan fingerprint density at radius 3 is 2.63 bits per heavy atom. The number of benzene rings is 1. The minimum atomic E-state index is 0. The summed E-state index contributed by atoms with van der Waals surface area (Å²) in [6.07, 6.45) is 0.946. The fraction of sp³-hybridized carbons (Fsp3) is 0.429. The van der Waals surface area contributed by atoms with E-state index in [1.54, 1.807) is 24.5 Å². The second-order valence-electron chi connectivity index (χ2n) is 7.30. The maximum absolute atomic E-state index is 12.7. The van der Waals surface area contributed by atoms with E-state index in [9.17, 15) is 9.90 Å². The molecule has 7 nitrogen and oxygen atoms in total. The molecular formula is C21H28IN5O2S. The van der Waals surface area contributed by atoms with Crippen molar-refractivity contribution in [2.45, 2.75) is 13.0 Å². The Morgan fingerprint density at radius 2 is 1.90 bits per heavy atom. The predicted molar refractivity (Wildman–Crippen MR) is 132 cm³/mol. The van der Waals surface area contributed by atoms with Crippen LogP contribution in [-0.2, 0) is 17.8 Å². The Hall–Kier alpha value is -2.01. The van der Waals surface area contributed by atoms with Gasteiger partial charge in [-0.2, -0.15) is 0 Å². The number of hydrogen-bond donors (Lipinski definition) is 2. The van der Waals surface area contributed by atoms with Gasteiger partial charge in [0.25, 0.3) is 0 Å². The van der Waals surface area contributed by atoms with Gasteiger partial charge in [-0.3, -0.25) is 9.79 Å². The van der Waals surface area contributed by atoms with Crippen LogP contribution in [0.5, 0.6) is 5.75 Å². The highest BCUT2D eigenvalue weighted by Gasteiger charge is 2.24. The van der Waals surface area contributed by atoms with E-state index in [2.05, 4.69) is 31.6 Å². The molecule has 0 spiro atoms. The van der Waals surface area contributed by atoms with Gasteiger partial charge in [-0.15, -0.1) is 35.3 Å². The molecule has 1 aromatic carbocycles. The van der Waals surface area contributed by atoms with Crippen molar-refractivity contribution in [3.05, 3.63) is 46.2 Å². The number of phenolic OH excluding ortho intramolecular Hbond substituents is 1. The minimum Gasteiger partial charge on any atom is -0.506 e. The second kappa shape index (κ2) is 10.3. The number of carbonyl (C=O) groups excluding carboxylic acids is 1. The number of aliphatic imine (C=N–C) groups is 1. The first-order valence-corrected chi connectivity index (χ1v) is 10.8. The summed E-state index contributed by atoms with van der Waals surface area (Å²) in [5, 5.41) is 15.4. The highest BCUT2D eigenvalue weighted by Crippen LogP contribution is 2.27. The average Bonchev–Trinajstić information content (AvgIpc) is 3.23. The predicted octanol–water partition coefficient (Wildman–Crippen LogP) is 2.35. The number of thiophene rings is 1. The van der Waals surface area contributed by atoms with E-state index in [1.165, 1.54) is 10.4 Å². The van der Waals surface area contributed by atoms with Crippen LogP contribution in [0.2, 0.25) is 0 Å². The molecule has 30 heavy (non-hydrogen) atoms. The first kappa shape index (κ1) is 22.7. The van der Waals surface area contributed by atoms with E-state index in [0.29, 0.717) is 12.3 Å². The number of para-hydroxylation sites is 2. The Morgan fingerprint density at radius 1 is 1.13 bits per heavy atom. The van der Waals surface area contributed by atoms with Crippen molar-refractivity contribution >= 4 is 52.9 Å². The van der Waals surface area contributed by atoms with Gasteiger partial charge in [-0.05, 0) is 35.6 Å². The number of hydrogen-bond acceptors (Lipinski definition) is 5. The SMILES string of the molecule is CN=C(NCC(=O)N1CCc2sccc2C1)N1CCN(c2ccccc2O)CC1.I. The molecule has 3 heterocycles. The van der Waals surface area contributed by atoms with Crippen LogP contribution in [-0.4, -0.2) is 73.1 Å². The van der Waals surface area contributed by atoms with Crippen molar-refractivity contribution < 1.29 is 9.90 Å². The fourth-order valence-electron chi connectivity index (χ4n) is 3.95. The van der Waals surface area contributed by atoms with Crippen LogP contribution in [0.3, 0.4) is 0 Å². The molecule has 2 aliphatic heterocycles. The van der Waals surface area contributed by atoms with E-state index < -0.39 is 0 Å². The third-order valence-electron chi connectivity index (χ3n) is 5.57. The number of guanidine groups is 1. The molecule has 1 saturated heterocycles. The topological polar surface area (TPSA) is 71.4 Å². The normalized spacial score (nSPS) is 16.7. The molecule has 162 valence electrons. The maximum atomic E-state index is 12.7. The number of nitrogens with one attached hydrogen (secondary N) is 1. The summed E-state index contributed by atoms with van der Waals surface area (Å²) in [7, 11) is 1.75. The number of halogens is 1. The van der Waals surface area contributed by atoms with Gasteiger partial charge in [0.1, 0.15) is 5.75 Å². The van der Waals surface area contributed by atoms with Crippen molar-refractivity contribution in [3.8, 4) is 5.75 Å². The fourth-order valence-corrected chi connectivity index (χ4v) is 4.84. The van der Waals surface area contributed by atoms with Crippen molar-refractivity contribution in [1.82, 2.24) is 15.1 Å². The highest BCUT2D eigenvalue weighted by atomic mass is 127. The molecule has 0 radical (unpaired) electrons. The largest absolute Gasteiger partial charge is 0.506 e.